The van der Waals surface area contributed by atoms with Crippen LogP contribution in [0.5, 0.6) is 0 Å². The third-order valence-electron chi connectivity index (χ3n) is 5.31. The van der Waals surface area contributed by atoms with E-state index in [4.69, 9.17) is 0 Å². The number of aliphatic hydroxyl groups excluding tert-OH is 1. The highest BCUT2D eigenvalue weighted by Gasteiger charge is 2.32. The molecule has 0 amide bonds. The molecular formula is C20H29N3O3S. The van der Waals surface area contributed by atoms with Gasteiger partial charge >= 0.3 is 0 Å². The summed E-state index contributed by atoms with van der Waals surface area (Å²) in [5, 5.41) is 14.7. The van der Waals surface area contributed by atoms with Crippen LogP contribution < -0.4 is 0 Å². The van der Waals surface area contributed by atoms with E-state index in [0.717, 1.165) is 12.8 Å². The molecule has 1 aliphatic rings. The van der Waals surface area contributed by atoms with Crippen molar-refractivity contribution in [3.8, 4) is 0 Å². The number of aliphatic hydroxyl groups is 1. The first-order valence-corrected chi connectivity index (χ1v) is 11.2. The molecule has 0 radical (unpaired) electrons. The Morgan fingerprint density at radius 1 is 1.22 bits per heavy atom. The highest BCUT2D eigenvalue weighted by atomic mass is 32.2. The van der Waals surface area contributed by atoms with Gasteiger partial charge in [0.05, 0.1) is 12.3 Å². The summed E-state index contributed by atoms with van der Waals surface area (Å²) in [5.41, 5.74) is 1.22. The molecule has 1 saturated heterocycles. The molecule has 7 heteroatoms. The van der Waals surface area contributed by atoms with Gasteiger partial charge in [0.25, 0.3) is 0 Å². The smallest absolute Gasteiger partial charge is 0.246 e. The minimum Gasteiger partial charge on any atom is -0.393 e. The minimum atomic E-state index is -3.50. The largest absolute Gasteiger partial charge is 0.393 e. The number of hydrogen-bond acceptors (Lipinski definition) is 4. The van der Waals surface area contributed by atoms with Crippen LogP contribution in [0.25, 0.3) is 0 Å². The molecule has 1 unspecified atom stereocenters. The Hall–Kier alpha value is -1.70. The Kier molecular flexibility index (Phi) is 6.68. The predicted molar refractivity (Wildman–Crippen MR) is 105 cm³/mol. The molecule has 1 atom stereocenters. The minimum absolute atomic E-state index is 0.156. The average molecular weight is 392 g/mol. The van der Waals surface area contributed by atoms with E-state index in [1.54, 1.807) is 10.9 Å². The van der Waals surface area contributed by atoms with E-state index in [1.807, 2.05) is 25.1 Å². The monoisotopic (exact) mass is 391 g/mol. The first-order valence-electron chi connectivity index (χ1n) is 9.75. The average Bonchev–Trinajstić information content (AvgIpc) is 3.17. The van der Waals surface area contributed by atoms with Crippen molar-refractivity contribution in [2.75, 3.05) is 13.1 Å². The van der Waals surface area contributed by atoms with Crippen molar-refractivity contribution >= 4 is 10.0 Å². The molecular weight excluding hydrogens is 362 g/mol. The number of hydrogen-bond donors (Lipinski definition) is 1. The second-order valence-electron chi connectivity index (χ2n) is 7.27. The maximum Gasteiger partial charge on any atom is 0.246 e. The highest BCUT2D eigenvalue weighted by Crippen LogP contribution is 2.27. The van der Waals surface area contributed by atoms with E-state index in [-0.39, 0.29) is 16.9 Å². The van der Waals surface area contributed by atoms with Gasteiger partial charge in [0.2, 0.25) is 10.0 Å². The van der Waals surface area contributed by atoms with Crippen LogP contribution in [0.3, 0.4) is 0 Å². The molecule has 1 aliphatic heterocycles. The standard InChI is InChI=1S/C20H29N3O3S/c1-2-12-22-16-19(15-21-22)27(25,26)23-13-10-18(11-14-23)20(24)9-8-17-6-4-3-5-7-17/h3-7,15-16,18,20,24H,2,8-14H2,1H3. The van der Waals surface area contributed by atoms with Gasteiger partial charge in [-0.25, -0.2) is 8.42 Å². The zero-order valence-corrected chi connectivity index (χ0v) is 16.7. The Bertz CT molecular complexity index is 812. The van der Waals surface area contributed by atoms with Gasteiger partial charge in [-0.1, -0.05) is 37.3 Å². The van der Waals surface area contributed by atoms with Crippen LogP contribution in [0.4, 0.5) is 0 Å². The number of sulfonamides is 1. The van der Waals surface area contributed by atoms with Gasteiger partial charge in [-0.3, -0.25) is 4.68 Å². The van der Waals surface area contributed by atoms with Crippen molar-refractivity contribution < 1.29 is 13.5 Å². The summed E-state index contributed by atoms with van der Waals surface area (Å²) in [7, 11) is -3.50. The molecule has 1 aromatic carbocycles. The molecule has 0 saturated carbocycles. The summed E-state index contributed by atoms with van der Waals surface area (Å²) < 4.78 is 28.8. The van der Waals surface area contributed by atoms with Crippen LogP contribution in [-0.2, 0) is 23.0 Å². The lowest BCUT2D eigenvalue weighted by Crippen LogP contribution is -2.41. The molecule has 6 nitrogen and oxygen atoms in total. The zero-order valence-electron chi connectivity index (χ0n) is 15.9. The SMILES string of the molecule is CCCn1cc(S(=O)(=O)N2CCC(C(O)CCc3ccccc3)CC2)cn1. The van der Waals surface area contributed by atoms with E-state index in [9.17, 15) is 13.5 Å². The quantitative estimate of drug-likeness (QED) is 0.751. The van der Waals surface area contributed by atoms with Crippen LogP contribution in [0.1, 0.15) is 38.2 Å². The molecule has 27 heavy (non-hydrogen) atoms. The molecule has 3 rings (SSSR count). The van der Waals surface area contributed by atoms with Crippen LogP contribution in [0.15, 0.2) is 47.6 Å². The molecule has 0 aliphatic carbocycles. The first kappa shape index (κ1) is 20.0. The summed E-state index contributed by atoms with van der Waals surface area (Å²) in [6.07, 6.45) is 6.51. The Morgan fingerprint density at radius 3 is 2.59 bits per heavy atom. The number of rotatable bonds is 8. The normalized spacial score (nSPS) is 17.9. The molecule has 1 aromatic heterocycles. The van der Waals surface area contributed by atoms with E-state index in [1.165, 1.54) is 16.1 Å². The molecule has 0 spiro atoms. The van der Waals surface area contributed by atoms with Crippen LogP contribution in [-0.4, -0.2) is 46.8 Å². The predicted octanol–water partition coefficient (Wildman–Crippen LogP) is 2.69. The first-order chi connectivity index (χ1) is 13.0. The van der Waals surface area contributed by atoms with Gasteiger partial charge in [-0.05, 0) is 43.6 Å². The third-order valence-corrected chi connectivity index (χ3v) is 7.17. The lowest BCUT2D eigenvalue weighted by atomic mass is 9.89. The second-order valence-corrected chi connectivity index (χ2v) is 9.21. The summed E-state index contributed by atoms with van der Waals surface area (Å²) in [6, 6.07) is 10.1. The van der Waals surface area contributed by atoms with Gasteiger partial charge in [0.15, 0.2) is 0 Å². The van der Waals surface area contributed by atoms with Gasteiger partial charge in [-0.2, -0.15) is 9.40 Å². The maximum atomic E-state index is 12.8. The summed E-state index contributed by atoms with van der Waals surface area (Å²) in [6.45, 7) is 3.65. The summed E-state index contributed by atoms with van der Waals surface area (Å²) in [4.78, 5) is 0.263. The number of aromatic nitrogens is 2. The fourth-order valence-corrected chi connectivity index (χ4v) is 5.10. The van der Waals surface area contributed by atoms with E-state index < -0.39 is 10.0 Å². The number of piperidine rings is 1. The summed E-state index contributed by atoms with van der Waals surface area (Å²) >= 11 is 0. The van der Waals surface area contributed by atoms with Crippen molar-refractivity contribution in [3.63, 3.8) is 0 Å². The van der Waals surface area contributed by atoms with Crippen molar-refractivity contribution in [2.24, 2.45) is 5.92 Å². The maximum absolute atomic E-state index is 12.8. The molecule has 148 valence electrons. The van der Waals surface area contributed by atoms with Gasteiger partial charge in [-0.15, -0.1) is 0 Å². The number of nitrogens with zero attached hydrogens (tertiary/aromatic N) is 3. The molecule has 1 N–H and O–H groups in total. The highest BCUT2D eigenvalue weighted by molar-refractivity contribution is 7.89. The van der Waals surface area contributed by atoms with Crippen molar-refractivity contribution in [2.45, 2.75) is 56.6 Å². The zero-order chi connectivity index (χ0) is 19.3. The fraction of sp³-hybridized carbons (Fsp3) is 0.550. The van der Waals surface area contributed by atoms with Crippen molar-refractivity contribution in [3.05, 3.63) is 48.3 Å². The Morgan fingerprint density at radius 2 is 1.93 bits per heavy atom. The number of aryl methyl sites for hydroxylation is 2. The molecule has 2 heterocycles. The van der Waals surface area contributed by atoms with E-state index >= 15 is 0 Å². The van der Waals surface area contributed by atoms with Crippen molar-refractivity contribution in [1.82, 2.24) is 14.1 Å². The van der Waals surface area contributed by atoms with E-state index in [0.29, 0.717) is 38.9 Å². The number of benzene rings is 1. The second kappa shape index (κ2) is 8.99. The third kappa shape index (κ3) is 4.97. The van der Waals surface area contributed by atoms with Gasteiger partial charge in [0, 0.05) is 25.8 Å². The van der Waals surface area contributed by atoms with Crippen LogP contribution in [0.2, 0.25) is 0 Å². The van der Waals surface area contributed by atoms with Crippen LogP contribution in [0, 0.1) is 5.92 Å². The Labute approximate surface area is 161 Å². The van der Waals surface area contributed by atoms with Crippen LogP contribution >= 0.6 is 0 Å². The summed E-state index contributed by atoms with van der Waals surface area (Å²) in [5.74, 6) is 0.156. The van der Waals surface area contributed by atoms with Gasteiger partial charge < -0.3 is 5.11 Å². The fourth-order valence-electron chi connectivity index (χ4n) is 3.67. The lowest BCUT2D eigenvalue weighted by molar-refractivity contribution is 0.0695. The van der Waals surface area contributed by atoms with E-state index in [2.05, 4.69) is 17.2 Å². The topological polar surface area (TPSA) is 75.4 Å². The molecule has 0 bridgehead atoms. The molecule has 1 fully saturated rings. The van der Waals surface area contributed by atoms with Crippen molar-refractivity contribution in [1.29, 1.82) is 0 Å². The Balaban J connectivity index is 1.52. The lowest BCUT2D eigenvalue weighted by Gasteiger charge is -2.33. The molecule has 2 aromatic rings. The van der Waals surface area contributed by atoms with Gasteiger partial charge in [0.1, 0.15) is 4.90 Å².